The number of carbonyl (C=O) groups is 1. The number of hydrogen-bond donors (Lipinski definition) is 0. The molecule has 0 spiro atoms. The molecule has 1 saturated heterocycles. The molecule has 26 heavy (non-hydrogen) atoms. The topological polar surface area (TPSA) is 49.3 Å². The van der Waals surface area contributed by atoms with Crippen LogP contribution < -0.4 is 4.90 Å². The van der Waals surface area contributed by atoms with Gasteiger partial charge in [0.15, 0.2) is 0 Å². The second-order valence-corrected chi connectivity index (χ2v) is 6.10. The van der Waals surface area contributed by atoms with Gasteiger partial charge in [-0.25, -0.2) is 8.78 Å². The first-order valence-corrected chi connectivity index (χ1v) is 8.32. The first-order chi connectivity index (χ1) is 12.6. The lowest BCUT2D eigenvalue weighted by Crippen LogP contribution is -2.49. The SMILES string of the molecule is O=C(c1cccc2nccnc12)N1CCN(c2ccc(F)cc2F)CC1. The van der Waals surface area contributed by atoms with Gasteiger partial charge in [-0.15, -0.1) is 0 Å². The van der Waals surface area contributed by atoms with Crippen molar-refractivity contribution < 1.29 is 13.6 Å². The van der Waals surface area contributed by atoms with E-state index in [4.69, 9.17) is 0 Å². The summed E-state index contributed by atoms with van der Waals surface area (Å²) in [5.41, 5.74) is 2.11. The summed E-state index contributed by atoms with van der Waals surface area (Å²) in [5.74, 6) is -1.30. The van der Waals surface area contributed by atoms with Crippen molar-refractivity contribution in [2.45, 2.75) is 0 Å². The summed E-state index contributed by atoms with van der Waals surface area (Å²) < 4.78 is 27.0. The van der Waals surface area contributed by atoms with Crippen LogP contribution in [0.5, 0.6) is 0 Å². The van der Waals surface area contributed by atoms with E-state index in [-0.39, 0.29) is 5.91 Å². The molecule has 3 aromatic rings. The van der Waals surface area contributed by atoms with Crippen LogP contribution in [0.15, 0.2) is 48.8 Å². The quantitative estimate of drug-likeness (QED) is 0.710. The molecule has 1 amide bonds. The van der Waals surface area contributed by atoms with Crippen molar-refractivity contribution in [2.75, 3.05) is 31.1 Å². The molecule has 5 nitrogen and oxygen atoms in total. The third-order valence-electron chi connectivity index (χ3n) is 4.55. The summed E-state index contributed by atoms with van der Waals surface area (Å²) in [7, 11) is 0. The fourth-order valence-corrected chi connectivity index (χ4v) is 3.22. The van der Waals surface area contributed by atoms with Gasteiger partial charge in [0.1, 0.15) is 17.2 Å². The Morgan fingerprint density at radius 3 is 2.50 bits per heavy atom. The number of amides is 1. The summed E-state index contributed by atoms with van der Waals surface area (Å²) in [5, 5.41) is 0. The molecule has 0 bridgehead atoms. The highest BCUT2D eigenvalue weighted by atomic mass is 19.1. The molecule has 7 heteroatoms. The Bertz CT molecular complexity index is 965. The first-order valence-electron chi connectivity index (χ1n) is 8.32. The second kappa shape index (κ2) is 6.67. The standard InChI is InChI=1S/C19H16F2N4O/c20-13-4-5-17(15(21)12-13)24-8-10-25(11-9-24)19(26)14-2-1-3-16-18(14)23-7-6-22-16/h1-7,12H,8-11H2. The number of halogens is 2. The number of benzene rings is 2. The Hall–Kier alpha value is -3.09. The van der Waals surface area contributed by atoms with Crippen LogP contribution in [0.1, 0.15) is 10.4 Å². The van der Waals surface area contributed by atoms with E-state index in [2.05, 4.69) is 9.97 Å². The van der Waals surface area contributed by atoms with E-state index in [9.17, 15) is 13.6 Å². The number of aromatic nitrogens is 2. The fraction of sp³-hybridized carbons (Fsp3) is 0.211. The Labute approximate surface area is 148 Å². The summed E-state index contributed by atoms with van der Waals surface area (Å²) in [6, 6.07) is 8.89. The smallest absolute Gasteiger partial charge is 0.256 e. The maximum Gasteiger partial charge on any atom is 0.256 e. The normalized spacial score (nSPS) is 14.7. The molecule has 0 unspecified atom stereocenters. The lowest BCUT2D eigenvalue weighted by atomic mass is 10.1. The molecule has 1 aliphatic rings. The van der Waals surface area contributed by atoms with Crippen molar-refractivity contribution in [2.24, 2.45) is 0 Å². The van der Waals surface area contributed by atoms with Crippen LogP contribution in [0.25, 0.3) is 11.0 Å². The van der Waals surface area contributed by atoms with Crippen LogP contribution in [-0.2, 0) is 0 Å². The van der Waals surface area contributed by atoms with Crippen molar-refractivity contribution in [3.8, 4) is 0 Å². The van der Waals surface area contributed by atoms with E-state index < -0.39 is 11.6 Å². The van der Waals surface area contributed by atoms with Gasteiger partial charge in [-0.1, -0.05) is 6.07 Å². The zero-order valence-electron chi connectivity index (χ0n) is 13.9. The number of rotatable bonds is 2. The van der Waals surface area contributed by atoms with Gasteiger partial charge >= 0.3 is 0 Å². The van der Waals surface area contributed by atoms with Crippen molar-refractivity contribution in [1.82, 2.24) is 14.9 Å². The third-order valence-corrected chi connectivity index (χ3v) is 4.55. The lowest BCUT2D eigenvalue weighted by molar-refractivity contribution is 0.0748. The van der Waals surface area contributed by atoms with Crippen LogP contribution in [0.3, 0.4) is 0 Å². The average Bonchev–Trinajstić information content (AvgIpc) is 2.67. The molecular weight excluding hydrogens is 338 g/mol. The highest BCUT2D eigenvalue weighted by Crippen LogP contribution is 2.23. The van der Waals surface area contributed by atoms with Gasteiger partial charge in [-0.2, -0.15) is 0 Å². The van der Waals surface area contributed by atoms with Gasteiger partial charge in [0.2, 0.25) is 0 Å². The van der Waals surface area contributed by atoms with Crippen LogP contribution >= 0.6 is 0 Å². The van der Waals surface area contributed by atoms with E-state index in [0.717, 1.165) is 6.07 Å². The van der Waals surface area contributed by atoms with Crippen LogP contribution in [0.2, 0.25) is 0 Å². The van der Waals surface area contributed by atoms with E-state index in [1.807, 2.05) is 11.0 Å². The molecule has 0 atom stereocenters. The largest absolute Gasteiger partial charge is 0.366 e. The van der Waals surface area contributed by atoms with Gasteiger partial charge in [-0.3, -0.25) is 14.8 Å². The van der Waals surface area contributed by atoms with Gasteiger partial charge in [0.05, 0.1) is 16.8 Å². The van der Waals surface area contributed by atoms with Crippen LogP contribution in [-0.4, -0.2) is 47.0 Å². The molecule has 0 N–H and O–H groups in total. The predicted molar refractivity (Wildman–Crippen MR) is 94.0 cm³/mol. The van der Waals surface area contributed by atoms with Crippen molar-refractivity contribution >= 4 is 22.6 Å². The summed E-state index contributed by atoms with van der Waals surface area (Å²) in [4.78, 5) is 24.9. The minimum absolute atomic E-state index is 0.115. The molecule has 1 aromatic heterocycles. The van der Waals surface area contributed by atoms with Crippen molar-refractivity contribution in [3.63, 3.8) is 0 Å². The minimum Gasteiger partial charge on any atom is -0.366 e. The zero-order chi connectivity index (χ0) is 18.1. The number of hydrogen-bond acceptors (Lipinski definition) is 4. The summed E-state index contributed by atoms with van der Waals surface area (Å²) in [6.45, 7) is 1.86. The highest BCUT2D eigenvalue weighted by Gasteiger charge is 2.25. The Morgan fingerprint density at radius 1 is 0.962 bits per heavy atom. The van der Waals surface area contributed by atoms with Gasteiger partial charge in [0, 0.05) is 44.6 Å². The van der Waals surface area contributed by atoms with E-state index in [0.29, 0.717) is 48.5 Å². The molecule has 0 radical (unpaired) electrons. The second-order valence-electron chi connectivity index (χ2n) is 6.10. The lowest BCUT2D eigenvalue weighted by Gasteiger charge is -2.36. The molecule has 0 aliphatic carbocycles. The van der Waals surface area contributed by atoms with Crippen LogP contribution in [0, 0.1) is 11.6 Å². The molecule has 1 fully saturated rings. The maximum atomic E-state index is 14.0. The maximum absolute atomic E-state index is 14.0. The van der Waals surface area contributed by atoms with Crippen molar-refractivity contribution in [3.05, 3.63) is 66.0 Å². The Balaban J connectivity index is 1.51. The Morgan fingerprint density at radius 2 is 1.73 bits per heavy atom. The highest BCUT2D eigenvalue weighted by molar-refractivity contribution is 6.04. The fourth-order valence-electron chi connectivity index (χ4n) is 3.22. The molecule has 132 valence electrons. The van der Waals surface area contributed by atoms with E-state index in [1.54, 1.807) is 29.4 Å². The van der Waals surface area contributed by atoms with Gasteiger partial charge < -0.3 is 9.80 Å². The third kappa shape index (κ3) is 2.96. The van der Waals surface area contributed by atoms with Gasteiger partial charge in [0.25, 0.3) is 5.91 Å². The average molecular weight is 354 g/mol. The monoisotopic (exact) mass is 354 g/mol. The molecule has 2 aromatic carbocycles. The zero-order valence-corrected chi connectivity index (χ0v) is 13.9. The number of fused-ring (bicyclic) bond motifs is 1. The predicted octanol–water partition coefficient (Wildman–Crippen LogP) is 2.87. The molecular formula is C19H16F2N4O. The molecule has 1 aliphatic heterocycles. The van der Waals surface area contributed by atoms with E-state index >= 15 is 0 Å². The molecule has 0 saturated carbocycles. The minimum atomic E-state index is -0.600. The van der Waals surface area contributed by atoms with Gasteiger partial charge in [-0.05, 0) is 24.3 Å². The summed E-state index contributed by atoms with van der Waals surface area (Å²) in [6.07, 6.45) is 3.15. The number of carbonyl (C=O) groups excluding carboxylic acids is 1. The Kier molecular flexibility index (Phi) is 4.20. The summed E-state index contributed by atoms with van der Waals surface area (Å²) >= 11 is 0. The number of para-hydroxylation sites is 1. The molecule has 4 rings (SSSR count). The van der Waals surface area contributed by atoms with Crippen LogP contribution in [0.4, 0.5) is 14.5 Å². The van der Waals surface area contributed by atoms with Crippen molar-refractivity contribution in [1.29, 1.82) is 0 Å². The first kappa shape index (κ1) is 16.4. The molecule has 2 heterocycles. The number of anilines is 1. The number of nitrogens with zero attached hydrogens (tertiary/aromatic N) is 4. The van der Waals surface area contributed by atoms with E-state index in [1.165, 1.54) is 12.1 Å². The number of piperazine rings is 1.